The maximum Gasteiger partial charge on any atom is 0.126 e. The fourth-order valence-corrected chi connectivity index (χ4v) is 2.66. The van der Waals surface area contributed by atoms with Gasteiger partial charge < -0.3 is 11.1 Å². The van der Waals surface area contributed by atoms with Crippen LogP contribution in [0.1, 0.15) is 42.7 Å². The van der Waals surface area contributed by atoms with Gasteiger partial charge in [0.25, 0.3) is 0 Å². The van der Waals surface area contributed by atoms with Gasteiger partial charge in [-0.05, 0) is 50.3 Å². The van der Waals surface area contributed by atoms with Crippen LogP contribution in [0.2, 0.25) is 0 Å². The fraction of sp³-hybridized carbons (Fsp3) is 0.615. The van der Waals surface area contributed by atoms with Crippen molar-refractivity contribution >= 4 is 5.82 Å². The molecule has 0 saturated heterocycles. The minimum Gasteiger partial charge on any atom is -0.383 e. The number of hydrogen-bond donors (Lipinski definition) is 2. The Morgan fingerprint density at radius 2 is 2.25 bits per heavy atom. The standard InChI is InChI=1S/C13H21N3/c1-9-6-12(13(14)16-8-9)10-4-3-5-11(7-10)15-2/h6,8,10-11,15H,3-5,7H2,1-2H3,(H2,14,16). The van der Waals surface area contributed by atoms with Crippen molar-refractivity contribution in [2.45, 2.75) is 44.6 Å². The van der Waals surface area contributed by atoms with Gasteiger partial charge in [-0.2, -0.15) is 0 Å². The molecule has 0 bridgehead atoms. The molecule has 1 heterocycles. The van der Waals surface area contributed by atoms with E-state index >= 15 is 0 Å². The second-order valence-electron chi connectivity index (χ2n) is 4.84. The Morgan fingerprint density at radius 3 is 3.00 bits per heavy atom. The molecule has 2 rings (SSSR count). The zero-order chi connectivity index (χ0) is 11.5. The Bertz CT molecular complexity index is 362. The summed E-state index contributed by atoms with van der Waals surface area (Å²) in [5.41, 5.74) is 8.43. The van der Waals surface area contributed by atoms with Crippen LogP contribution >= 0.6 is 0 Å². The number of pyridine rings is 1. The molecule has 0 amide bonds. The number of nitrogen functional groups attached to an aromatic ring is 1. The van der Waals surface area contributed by atoms with Crippen molar-refractivity contribution < 1.29 is 0 Å². The van der Waals surface area contributed by atoms with Crippen molar-refractivity contribution in [3.63, 3.8) is 0 Å². The first kappa shape index (κ1) is 11.4. The summed E-state index contributed by atoms with van der Waals surface area (Å²) in [5, 5.41) is 3.38. The number of nitrogens with one attached hydrogen (secondary N) is 1. The minimum atomic E-state index is 0.582. The van der Waals surface area contributed by atoms with Gasteiger partial charge in [-0.25, -0.2) is 4.98 Å². The van der Waals surface area contributed by atoms with E-state index in [1.165, 1.54) is 36.8 Å². The molecular weight excluding hydrogens is 198 g/mol. The molecule has 88 valence electrons. The van der Waals surface area contributed by atoms with E-state index in [0.717, 1.165) is 0 Å². The summed E-state index contributed by atoms with van der Waals surface area (Å²) in [7, 11) is 2.05. The highest BCUT2D eigenvalue weighted by atomic mass is 14.9. The Morgan fingerprint density at radius 1 is 1.44 bits per heavy atom. The van der Waals surface area contributed by atoms with E-state index in [4.69, 9.17) is 5.73 Å². The first-order chi connectivity index (χ1) is 7.70. The van der Waals surface area contributed by atoms with Gasteiger partial charge >= 0.3 is 0 Å². The highest BCUT2D eigenvalue weighted by Crippen LogP contribution is 2.35. The molecule has 2 atom stereocenters. The predicted octanol–water partition coefficient (Wildman–Crippen LogP) is 2.22. The molecule has 1 fully saturated rings. The lowest BCUT2D eigenvalue weighted by Gasteiger charge is -2.29. The summed E-state index contributed by atoms with van der Waals surface area (Å²) in [6, 6.07) is 2.84. The molecule has 2 unspecified atom stereocenters. The Kier molecular flexibility index (Phi) is 3.44. The molecule has 1 saturated carbocycles. The monoisotopic (exact) mass is 219 g/mol. The van der Waals surface area contributed by atoms with Crippen LogP contribution in [-0.4, -0.2) is 18.1 Å². The van der Waals surface area contributed by atoms with E-state index in [-0.39, 0.29) is 0 Å². The van der Waals surface area contributed by atoms with Crippen LogP contribution in [0.3, 0.4) is 0 Å². The largest absolute Gasteiger partial charge is 0.383 e. The summed E-state index contributed by atoms with van der Waals surface area (Å²) in [4.78, 5) is 4.26. The summed E-state index contributed by atoms with van der Waals surface area (Å²) >= 11 is 0. The van der Waals surface area contributed by atoms with Gasteiger partial charge in [-0.15, -0.1) is 0 Å². The predicted molar refractivity (Wildman–Crippen MR) is 67.4 cm³/mol. The lowest BCUT2D eigenvalue weighted by Crippen LogP contribution is -2.30. The summed E-state index contributed by atoms with van der Waals surface area (Å²) in [6.45, 7) is 2.08. The molecule has 1 aliphatic rings. The summed E-state index contributed by atoms with van der Waals surface area (Å²) in [5.74, 6) is 1.30. The normalized spacial score (nSPS) is 25.6. The van der Waals surface area contributed by atoms with Crippen molar-refractivity contribution in [3.05, 3.63) is 23.4 Å². The fourth-order valence-electron chi connectivity index (χ4n) is 2.66. The summed E-state index contributed by atoms with van der Waals surface area (Å²) < 4.78 is 0. The SMILES string of the molecule is CNC1CCCC(c2cc(C)cnc2N)C1. The van der Waals surface area contributed by atoms with E-state index in [2.05, 4.69) is 23.3 Å². The molecule has 1 aromatic rings. The van der Waals surface area contributed by atoms with E-state index in [0.29, 0.717) is 17.8 Å². The second-order valence-corrected chi connectivity index (χ2v) is 4.84. The van der Waals surface area contributed by atoms with Crippen molar-refractivity contribution in [1.82, 2.24) is 10.3 Å². The van der Waals surface area contributed by atoms with Crippen molar-refractivity contribution in [3.8, 4) is 0 Å². The molecular formula is C13H21N3. The minimum absolute atomic E-state index is 0.582. The van der Waals surface area contributed by atoms with Gasteiger partial charge in [0.15, 0.2) is 0 Å². The highest BCUT2D eigenvalue weighted by Gasteiger charge is 2.23. The number of rotatable bonds is 2. The molecule has 16 heavy (non-hydrogen) atoms. The van der Waals surface area contributed by atoms with E-state index < -0.39 is 0 Å². The topological polar surface area (TPSA) is 50.9 Å². The van der Waals surface area contributed by atoms with Crippen LogP contribution in [0.25, 0.3) is 0 Å². The van der Waals surface area contributed by atoms with Crippen molar-refractivity contribution in [1.29, 1.82) is 0 Å². The van der Waals surface area contributed by atoms with Crippen molar-refractivity contribution in [2.75, 3.05) is 12.8 Å². The molecule has 0 spiro atoms. The molecule has 0 aliphatic heterocycles. The zero-order valence-corrected chi connectivity index (χ0v) is 10.2. The van der Waals surface area contributed by atoms with Gasteiger partial charge in [0.2, 0.25) is 0 Å². The molecule has 3 N–H and O–H groups in total. The zero-order valence-electron chi connectivity index (χ0n) is 10.2. The molecule has 0 aromatic carbocycles. The summed E-state index contributed by atoms with van der Waals surface area (Å²) in [6.07, 6.45) is 6.84. The van der Waals surface area contributed by atoms with E-state index in [9.17, 15) is 0 Å². The van der Waals surface area contributed by atoms with Crippen LogP contribution in [0, 0.1) is 6.92 Å². The number of aromatic nitrogens is 1. The van der Waals surface area contributed by atoms with Gasteiger partial charge in [0, 0.05) is 12.2 Å². The molecule has 0 radical (unpaired) electrons. The quantitative estimate of drug-likeness (QED) is 0.802. The number of hydrogen-bond acceptors (Lipinski definition) is 3. The average Bonchev–Trinajstić information content (AvgIpc) is 2.32. The highest BCUT2D eigenvalue weighted by molar-refractivity contribution is 5.43. The number of nitrogens with zero attached hydrogens (tertiary/aromatic N) is 1. The van der Waals surface area contributed by atoms with Crippen LogP contribution in [-0.2, 0) is 0 Å². The van der Waals surface area contributed by atoms with E-state index in [1.807, 2.05) is 13.2 Å². The van der Waals surface area contributed by atoms with Crippen LogP contribution < -0.4 is 11.1 Å². The van der Waals surface area contributed by atoms with Crippen LogP contribution in [0.15, 0.2) is 12.3 Å². The maximum absolute atomic E-state index is 5.98. The van der Waals surface area contributed by atoms with Gasteiger partial charge in [-0.1, -0.05) is 12.5 Å². The first-order valence-electron chi connectivity index (χ1n) is 6.10. The van der Waals surface area contributed by atoms with E-state index in [1.54, 1.807) is 0 Å². The Hall–Kier alpha value is -1.09. The Balaban J connectivity index is 2.19. The third kappa shape index (κ3) is 2.35. The van der Waals surface area contributed by atoms with Crippen LogP contribution in [0.5, 0.6) is 0 Å². The lowest BCUT2D eigenvalue weighted by molar-refractivity contribution is 0.355. The molecule has 3 nitrogen and oxygen atoms in total. The third-order valence-electron chi connectivity index (χ3n) is 3.61. The molecule has 1 aliphatic carbocycles. The molecule has 3 heteroatoms. The second kappa shape index (κ2) is 4.83. The smallest absolute Gasteiger partial charge is 0.126 e. The third-order valence-corrected chi connectivity index (χ3v) is 3.61. The Labute approximate surface area is 97.5 Å². The maximum atomic E-state index is 5.98. The number of aryl methyl sites for hydroxylation is 1. The number of anilines is 1. The average molecular weight is 219 g/mol. The number of nitrogens with two attached hydrogens (primary N) is 1. The first-order valence-corrected chi connectivity index (χ1v) is 6.10. The van der Waals surface area contributed by atoms with Crippen molar-refractivity contribution in [2.24, 2.45) is 0 Å². The molecule has 1 aromatic heterocycles. The van der Waals surface area contributed by atoms with Crippen LogP contribution in [0.4, 0.5) is 5.82 Å². The van der Waals surface area contributed by atoms with Gasteiger partial charge in [0.05, 0.1) is 0 Å². The van der Waals surface area contributed by atoms with Gasteiger partial charge in [0.1, 0.15) is 5.82 Å². The lowest BCUT2D eigenvalue weighted by atomic mass is 9.81. The van der Waals surface area contributed by atoms with Gasteiger partial charge in [-0.3, -0.25) is 0 Å².